The van der Waals surface area contributed by atoms with Crippen LogP contribution in [0.5, 0.6) is 5.75 Å². The number of halogens is 2. The molecule has 200 valence electrons. The molecular formula is C28H29ClFN3O5. The van der Waals surface area contributed by atoms with Gasteiger partial charge < -0.3 is 13.9 Å². The number of rotatable bonds is 11. The molecule has 0 saturated carbocycles. The third-order valence-corrected chi connectivity index (χ3v) is 6.47. The normalized spacial score (nSPS) is 12.4. The molecule has 2 atom stereocenters. The van der Waals surface area contributed by atoms with Crippen molar-refractivity contribution in [2.75, 3.05) is 0 Å². The lowest BCUT2D eigenvalue weighted by atomic mass is 9.92. The van der Waals surface area contributed by atoms with Crippen molar-refractivity contribution in [3.05, 3.63) is 69.6 Å². The number of carbonyl (C=O) groups is 2. The summed E-state index contributed by atoms with van der Waals surface area (Å²) in [5, 5.41) is 8.67. The highest BCUT2D eigenvalue weighted by Gasteiger charge is 2.30. The van der Waals surface area contributed by atoms with E-state index in [1.807, 2.05) is 20.8 Å². The van der Waals surface area contributed by atoms with Crippen molar-refractivity contribution in [2.45, 2.75) is 71.8 Å². The molecule has 0 aliphatic carbocycles. The van der Waals surface area contributed by atoms with Crippen LogP contribution in [-0.4, -0.2) is 28.2 Å². The van der Waals surface area contributed by atoms with Gasteiger partial charge in [-0.05, 0) is 62.4 Å². The average molecular weight is 542 g/mol. The second-order valence-electron chi connectivity index (χ2n) is 8.86. The highest BCUT2D eigenvalue weighted by Crippen LogP contribution is 2.35. The van der Waals surface area contributed by atoms with Crippen molar-refractivity contribution in [3.8, 4) is 17.2 Å². The van der Waals surface area contributed by atoms with E-state index in [9.17, 15) is 14.0 Å². The summed E-state index contributed by atoms with van der Waals surface area (Å²) >= 11 is 6.38. The van der Waals surface area contributed by atoms with Crippen molar-refractivity contribution in [1.29, 1.82) is 0 Å². The van der Waals surface area contributed by atoms with Gasteiger partial charge in [0.15, 0.2) is 11.6 Å². The number of hydrogen-bond donors (Lipinski definition) is 0. The Labute approximate surface area is 225 Å². The Balaban J connectivity index is 1.95. The maximum Gasteiger partial charge on any atom is 0.311 e. The van der Waals surface area contributed by atoms with Crippen LogP contribution in [-0.2, 0) is 20.7 Å². The molecule has 0 aliphatic rings. The second kappa shape index (κ2) is 13.2. The van der Waals surface area contributed by atoms with Crippen LogP contribution in [0.4, 0.5) is 10.1 Å². The molecule has 0 fully saturated rings. The largest absolute Gasteiger partial charge is 0.462 e. The Morgan fingerprint density at radius 3 is 2.53 bits per heavy atom. The topological polar surface area (TPSA) is 95.9 Å². The van der Waals surface area contributed by atoms with E-state index in [4.69, 9.17) is 32.1 Å². The van der Waals surface area contributed by atoms with Gasteiger partial charge >= 0.3 is 11.9 Å². The average Bonchev–Trinajstić information content (AvgIpc) is 3.36. The standard InChI is InChI=1S/C28H29ClFN3O5/c1-6-8-24(34)36-17(4)20(14-18-11-13-22(31-5)26(29)16(18)3)28-33-32-27(38-28)19-10-12-21(30)23(15-19)37-25(35)9-7-2/h10-13,15,17,20H,6-9,14H2,1-4H3/t17-,20-/m1/s1. The number of nitrogens with zero attached hydrogens (tertiary/aromatic N) is 3. The van der Waals surface area contributed by atoms with E-state index in [1.54, 1.807) is 19.1 Å². The van der Waals surface area contributed by atoms with Crippen LogP contribution in [0.3, 0.4) is 0 Å². The molecule has 0 N–H and O–H groups in total. The second-order valence-corrected chi connectivity index (χ2v) is 9.24. The fourth-order valence-corrected chi connectivity index (χ4v) is 4.08. The molecule has 1 heterocycles. The molecule has 0 saturated heterocycles. The fraction of sp³-hybridized carbons (Fsp3) is 0.393. The Morgan fingerprint density at radius 1 is 1.13 bits per heavy atom. The van der Waals surface area contributed by atoms with E-state index < -0.39 is 23.8 Å². The molecule has 0 radical (unpaired) electrons. The van der Waals surface area contributed by atoms with E-state index in [2.05, 4.69) is 15.0 Å². The zero-order chi connectivity index (χ0) is 27.8. The van der Waals surface area contributed by atoms with Gasteiger partial charge in [0, 0.05) is 18.4 Å². The molecule has 0 unspecified atom stereocenters. The van der Waals surface area contributed by atoms with Crippen LogP contribution in [0.1, 0.15) is 69.4 Å². The molecule has 0 aliphatic heterocycles. The van der Waals surface area contributed by atoms with Gasteiger partial charge in [-0.25, -0.2) is 9.24 Å². The lowest BCUT2D eigenvalue weighted by Gasteiger charge is -2.22. The molecule has 0 spiro atoms. The third kappa shape index (κ3) is 6.95. The van der Waals surface area contributed by atoms with Crippen molar-refractivity contribution >= 4 is 29.2 Å². The van der Waals surface area contributed by atoms with E-state index in [0.29, 0.717) is 35.5 Å². The van der Waals surface area contributed by atoms with Crippen LogP contribution in [0.2, 0.25) is 5.02 Å². The lowest BCUT2D eigenvalue weighted by Crippen LogP contribution is -2.25. The van der Waals surface area contributed by atoms with E-state index in [1.165, 1.54) is 12.1 Å². The molecule has 0 bridgehead atoms. The zero-order valence-corrected chi connectivity index (χ0v) is 22.5. The molecule has 3 aromatic rings. The Bertz CT molecular complexity index is 1350. The summed E-state index contributed by atoms with van der Waals surface area (Å²) in [6.07, 6.45) is 1.36. The van der Waals surface area contributed by atoms with Crippen molar-refractivity contribution < 1.29 is 27.9 Å². The number of hydrogen-bond acceptors (Lipinski definition) is 7. The van der Waals surface area contributed by atoms with Crippen LogP contribution in [0.25, 0.3) is 16.3 Å². The van der Waals surface area contributed by atoms with Gasteiger partial charge in [0.1, 0.15) is 6.10 Å². The van der Waals surface area contributed by atoms with Gasteiger partial charge in [-0.15, -0.1) is 10.2 Å². The van der Waals surface area contributed by atoms with Crippen LogP contribution < -0.4 is 4.74 Å². The molecule has 8 nitrogen and oxygen atoms in total. The van der Waals surface area contributed by atoms with Gasteiger partial charge in [-0.2, -0.15) is 0 Å². The first kappa shape index (κ1) is 28.8. The molecule has 38 heavy (non-hydrogen) atoms. The Hall–Kier alpha value is -3.77. The first-order valence-corrected chi connectivity index (χ1v) is 12.7. The summed E-state index contributed by atoms with van der Waals surface area (Å²) in [5.74, 6) is -2.06. The van der Waals surface area contributed by atoms with E-state index >= 15 is 0 Å². The van der Waals surface area contributed by atoms with Gasteiger partial charge in [-0.1, -0.05) is 37.6 Å². The third-order valence-electron chi connectivity index (χ3n) is 5.99. The quantitative estimate of drug-likeness (QED) is 0.144. The fourth-order valence-electron chi connectivity index (χ4n) is 3.86. The Kier molecular flexibility index (Phi) is 9.97. The maximum absolute atomic E-state index is 14.3. The summed E-state index contributed by atoms with van der Waals surface area (Å²) in [5.41, 5.74) is 2.27. The summed E-state index contributed by atoms with van der Waals surface area (Å²) in [4.78, 5) is 27.6. The lowest BCUT2D eigenvalue weighted by molar-refractivity contribution is -0.149. The van der Waals surface area contributed by atoms with E-state index in [-0.39, 0.29) is 36.3 Å². The van der Waals surface area contributed by atoms with Crippen LogP contribution in [0.15, 0.2) is 34.7 Å². The molecule has 1 aromatic heterocycles. The number of benzene rings is 2. The molecular weight excluding hydrogens is 513 g/mol. The first-order valence-electron chi connectivity index (χ1n) is 12.4. The number of ether oxygens (including phenoxy) is 2. The molecule has 2 aromatic carbocycles. The number of carbonyl (C=O) groups excluding carboxylic acids is 2. The monoisotopic (exact) mass is 541 g/mol. The van der Waals surface area contributed by atoms with Crippen molar-refractivity contribution in [2.24, 2.45) is 0 Å². The van der Waals surface area contributed by atoms with Crippen molar-refractivity contribution in [1.82, 2.24) is 10.2 Å². The van der Waals surface area contributed by atoms with E-state index in [0.717, 1.165) is 17.2 Å². The minimum absolute atomic E-state index is 0.0861. The maximum atomic E-state index is 14.3. The highest BCUT2D eigenvalue weighted by atomic mass is 35.5. The summed E-state index contributed by atoms with van der Waals surface area (Å²) in [6.45, 7) is 14.5. The van der Waals surface area contributed by atoms with Gasteiger partial charge in [0.2, 0.25) is 17.5 Å². The first-order chi connectivity index (χ1) is 18.2. The summed E-state index contributed by atoms with van der Waals surface area (Å²) < 4.78 is 31.0. The smallest absolute Gasteiger partial charge is 0.311 e. The van der Waals surface area contributed by atoms with Crippen molar-refractivity contribution in [3.63, 3.8) is 0 Å². The van der Waals surface area contributed by atoms with Crippen LogP contribution in [0, 0.1) is 19.3 Å². The molecule has 10 heteroatoms. The predicted molar refractivity (Wildman–Crippen MR) is 140 cm³/mol. The minimum atomic E-state index is -0.692. The predicted octanol–water partition coefficient (Wildman–Crippen LogP) is 7.15. The summed E-state index contributed by atoms with van der Waals surface area (Å²) in [6, 6.07) is 7.37. The SMILES string of the molecule is [C-]#[N+]c1ccc(C[C@@H](c2nnc(-c3ccc(F)c(OC(=O)CCC)c3)o2)[C@@H](C)OC(=O)CCC)c(C)c1Cl. The highest BCUT2D eigenvalue weighted by molar-refractivity contribution is 6.34. The van der Waals surface area contributed by atoms with Crippen LogP contribution >= 0.6 is 11.6 Å². The number of esters is 2. The van der Waals surface area contributed by atoms with Gasteiger partial charge in [0.05, 0.1) is 17.5 Å². The Morgan fingerprint density at radius 2 is 1.84 bits per heavy atom. The van der Waals surface area contributed by atoms with Gasteiger partial charge in [0.25, 0.3) is 0 Å². The zero-order valence-electron chi connectivity index (χ0n) is 21.7. The molecule has 0 amide bonds. The molecule has 3 rings (SSSR count). The summed E-state index contributed by atoms with van der Waals surface area (Å²) in [7, 11) is 0. The minimum Gasteiger partial charge on any atom is -0.462 e. The number of aromatic nitrogens is 2. The van der Waals surface area contributed by atoms with Gasteiger partial charge in [-0.3, -0.25) is 9.59 Å².